The van der Waals surface area contributed by atoms with Crippen LogP contribution < -0.4 is 0 Å². The summed E-state index contributed by atoms with van der Waals surface area (Å²) in [7, 11) is 0. The Balaban J connectivity index is 0. The van der Waals surface area contributed by atoms with Crippen LogP contribution in [-0.4, -0.2) is 43.2 Å². The second-order valence-electron chi connectivity index (χ2n) is 2.98. The van der Waals surface area contributed by atoms with E-state index in [1.165, 1.54) is 0 Å². The van der Waals surface area contributed by atoms with Gasteiger partial charge in [-0.15, -0.1) is 0 Å². The van der Waals surface area contributed by atoms with Crippen LogP contribution in [0.25, 0.3) is 0 Å². The Morgan fingerprint density at radius 3 is 1.18 bits per heavy atom. The van der Waals surface area contributed by atoms with E-state index in [2.05, 4.69) is 0 Å². The monoisotopic (exact) mass is 380 g/mol. The summed E-state index contributed by atoms with van der Waals surface area (Å²) in [5.41, 5.74) is -3.15. The van der Waals surface area contributed by atoms with E-state index < -0.39 is 48.6 Å². The van der Waals surface area contributed by atoms with Gasteiger partial charge in [0.2, 0.25) is 5.41 Å². The van der Waals surface area contributed by atoms with Gasteiger partial charge in [-0.3, -0.25) is 19.2 Å². The smallest absolute Gasteiger partial charge is 0.211 e. The molecular formula is C9H9F3NdO4. The summed E-state index contributed by atoms with van der Waals surface area (Å²) in [5.74, 6) is -6.57. The van der Waals surface area contributed by atoms with Crippen LogP contribution in [0.1, 0.15) is 6.92 Å². The molecule has 0 fully saturated rings. The Kier molecular flexibility index (Phi) is 9.04. The number of alkyl halides is 3. The number of carbonyl (C=O) groups is 4. The first kappa shape index (κ1) is 19.2. The average Bonchev–Trinajstić information content (AvgIpc) is 2.28. The van der Waals surface area contributed by atoms with E-state index in [4.69, 9.17) is 0 Å². The Morgan fingerprint density at radius 1 is 0.824 bits per heavy atom. The number of hydrogen-bond acceptors (Lipinski definition) is 4. The van der Waals surface area contributed by atoms with Crippen molar-refractivity contribution < 1.29 is 73.2 Å². The molecule has 0 bridgehead atoms. The summed E-state index contributed by atoms with van der Waals surface area (Å²) in [6.45, 7) is -4.83. The Hall–Kier alpha value is -0.179. The molecule has 0 saturated heterocycles. The van der Waals surface area contributed by atoms with Crippen molar-refractivity contribution in [2.24, 2.45) is 5.41 Å². The molecule has 0 radical (unpaired) electrons. The van der Waals surface area contributed by atoms with Gasteiger partial charge >= 0.3 is 0 Å². The summed E-state index contributed by atoms with van der Waals surface area (Å²) in [6.07, 6.45) is 0. The van der Waals surface area contributed by atoms with Crippen molar-refractivity contribution in [3.05, 3.63) is 0 Å². The standard InChI is InChI=1S/C9H9F3O4.Nd/c1-5(13)9(6(14)2-10,7(15)3-11)8(16)4-12;/h2-4H2,1H3;. The molecule has 0 aliphatic carbocycles. The minimum Gasteiger partial charge on any atom is -0.298 e. The second-order valence-corrected chi connectivity index (χ2v) is 2.98. The summed E-state index contributed by atoms with van der Waals surface area (Å²) >= 11 is 0. The predicted octanol–water partition coefficient (Wildman–Crippen LogP) is 0.178. The zero-order chi connectivity index (χ0) is 12.9. The molecule has 0 aliphatic heterocycles. The molecule has 0 spiro atoms. The van der Waals surface area contributed by atoms with E-state index in [0.717, 1.165) is 0 Å². The molecule has 0 N–H and O–H groups in total. The van der Waals surface area contributed by atoms with Gasteiger partial charge in [0.15, 0.2) is 23.1 Å². The number of rotatable bonds is 7. The molecular weight excluding hydrogens is 373 g/mol. The number of Topliss-reactive ketones (excluding diaryl/α,β-unsaturated/α-hetero) is 4. The maximum Gasteiger partial charge on any atom is 0.211 e. The van der Waals surface area contributed by atoms with Gasteiger partial charge in [0.1, 0.15) is 20.0 Å². The van der Waals surface area contributed by atoms with Gasteiger partial charge in [-0.2, -0.15) is 0 Å². The number of ketones is 4. The van der Waals surface area contributed by atoms with Crippen LogP contribution in [0.4, 0.5) is 13.2 Å². The minimum absolute atomic E-state index is 0. The molecule has 0 saturated carbocycles. The van der Waals surface area contributed by atoms with Gasteiger partial charge in [0.25, 0.3) is 0 Å². The molecule has 94 valence electrons. The molecule has 17 heavy (non-hydrogen) atoms. The fourth-order valence-electron chi connectivity index (χ4n) is 1.36. The van der Waals surface area contributed by atoms with Gasteiger partial charge in [-0.1, -0.05) is 0 Å². The van der Waals surface area contributed by atoms with Crippen molar-refractivity contribution in [2.45, 2.75) is 6.92 Å². The molecule has 0 unspecified atom stereocenters. The topological polar surface area (TPSA) is 68.3 Å². The van der Waals surface area contributed by atoms with Crippen molar-refractivity contribution in [1.29, 1.82) is 0 Å². The summed E-state index contributed by atoms with van der Waals surface area (Å²) in [6, 6.07) is 0. The van der Waals surface area contributed by atoms with Crippen molar-refractivity contribution in [3.63, 3.8) is 0 Å². The van der Waals surface area contributed by atoms with Crippen LogP contribution in [0.15, 0.2) is 0 Å². The summed E-state index contributed by atoms with van der Waals surface area (Å²) in [4.78, 5) is 44.4. The van der Waals surface area contributed by atoms with E-state index >= 15 is 0 Å². The van der Waals surface area contributed by atoms with E-state index in [1.807, 2.05) is 0 Å². The van der Waals surface area contributed by atoms with Crippen LogP contribution >= 0.6 is 0 Å². The SMILES string of the molecule is CC(=O)C(C(=O)CF)(C(=O)CF)C(=O)CF.[Nd]. The second kappa shape index (κ2) is 8.02. The Bertz CT molecular complexity index is 302. The third-order valence-electron chi connectivity index (χ3n) is 2.15. The van der Waals surface area contributed by atoms with Crippen LogP contribution in [0.2, 0.25) is 0 Å². The third-order valence-corrected chi connectivity index (χ3v) is 2.15. The minimum atomic E-state index is -3.15. The number of hydrogen-bond donors (Lipinski definition) is 0. The zero-order valence-electron chi connectivity index (χ0n) is 8.89. The average molecular weight is 382 g/mol. The van der Waals surface area contributed by atoms with Gasteiger partial charge in [-0.05, 0) is 6.92 Å². The first-order valence-electron chi connectivity index (χ1n) is 4.18. The van der Waals surface area contributed by atoms with Crippen molar-refractivity contribution in [2.75, 3.05) is 20.0 Å². The summed E-state index contributed by atoms with van der Waals surface area (Å²) < 4.78 is 36.6. The number of carbonyl (C=O) groups excluding carboxylic acids is 4. The molecule has 0 aromatic carbocycles. The Labute approximate surface area is 128 Å². The fraction of sp³-hybridized carbons (Fsp3) is 0.556. The summed E-state index contributed by atoms with van der Waals surface area (Å²) in [5, 5.41) is 0. The van der Waals surface area contributed by atoms with Gasteiger partial charge in [-0.25, -0.2) is 13.2 Å². The molecule has 0 amide bonds. The maximum atomic E-state index is 12.2. The van der Waals surface area contributed by atoms with E-state index in [1.54, 1.807) is 0 Å². The number of halogens is 3. The first-order chi connectivity index (χ1) is 7.39. The fourth-order valence-corrected chi connectivity index (χ4v) is 1.36. The molecule has 8 heteroatoms. The normalized spacial score (nSPS) is 10.4. The quantitative estimate of drug-likeness (QED) is 0.589. The first-order valence-corrected chi connectivity index (χ1v) is 4.18. The molecule has 0 aromatic heterocycles. The van der Waals surface area contributed by atoms with Crippen molar-refractivity contribution in [1.82, 2.24) is 0 Å². The molecule has 0 rings (SSSR count). The molecule has 4 nitrogen and oxygen atoms in total. The van der Waals surface area contributed by atoms with E-state index in [9.17, 15) is 32.3 Å². The van der Waals surface area contributed by atoms with Crippen molar-refractivity contribution in [3.8, 4) is 0 Å². The Morgan fingerprint density at radius 2 is 1.06 bits per heavy atom. The van der Waals surface area contributed by atoms with Gasteiger partial charge in [0.05, 0.1) is 0 Å². The third kappa shape index (κ3) is 3.40. The van der Waals surface area contributed by atoms with E-state index in [0.29, 0.717) is 6.92 Å². The molecule has 0 atom stereocenters. The maximum absolute atomic E-state index is 12.2. The van der Waals surface area contributed by atoms with Crippen LogP contribution in [-0.2, 0) is 19.2 Å². The molecule has 0 aliphatic rings. The van der Waals surface area contributed by atoms with Gasteiger partial charge < -0.3 is 0 Å². The molecule has 0 aromatic rings. The zero-order valence-corrected chi connectivity index (χ0v) is 12.1. The predicted molar refractivity (Wildman–Crippen MR) is 46.1 cm³/mol. The van der Waals surface area contributed by atoms with Gasteiger partial charge in [0, 0.05) is 40.8 Å². The van der Waals surface area contributed by atoms with E-state index in [-0.39, 0.29) is 40.8 Å². The van der Waals surface area contributed by atoms with Crippen LogP contribution in [0.3, 0.4) is 0 Å². The largest absolute Gasteiger partial charge is 0.298 e. The van der Waals surface area contributed by atoms with Crippen LogP contribution in [0, 0.1) is 46.3 Å². The molecule has 0 heterocycles. The van der Waals surface area contributed by atoms with Crippen molar-refractivity contribution >= 4 is 23.1 Å². The van der Waals surface area contributed by atoms with Crippen LogP contribution in [0.5, 0.6) is 0 Å².